The number of rotatable bonds is 4. The van der Waals surface area contributed by atoms with Crippen LogP contribution in [0.5, 0.6) is 0 Å². The Labute approximate surface area is 96.5 Å². The number of carbonyl (C=O) groups is 1. The molecule has 0 saturated heterocycles. The first-order chi connectivity index (χ1) is 8.15. The fourth-order valence-corrected chi connectivity index (χ4v) is 1.51. The number of hydrogen-bond acceptors (Lipinski definition) is 3. The molecule has 1 aromatic heterocycles. The number of carboxylic acids is 1. The standard InChI is InChI=1S/C11H10FN3O2/c12-9-3-1-2-8(4-9)7-15-10(5-11(16)17)6-13-14-15/h1-4,6H,5,7H2,(H,16,17). The summed E-state index contributed by atoms with van der Waals surface area (Å²) in [4.78, 5) is 10.6. The maximum absolute atomic E-state index is 13.0. The molecule has 1 heterocycles. The molecule has 0 atom stereocenters. The van der Waals surface area contributed by atoms with Crippen LogP contribution in [-0.4, -0.2) is 26.1 Å². The molecule has 0 saturated carbocycles. The van der Waals surface area contributed by atoms with Gasteiger partial charge in [0, 0.05) is 0 Å². The van der Waals surface area contributed by atoms with Crippen molar-refractivity contribution in [2.24, 2.45) is 0 Å². The first-order valence-electron chi connectivity index (χ1n) is 4.99. The highest BCUT2D eigenvalue weighted by Gasteiger charge is 2.08. The van der Waals surface area contributed by atoms with Crippen molar-refractivity contribution in [2.45, 2.75) is 13.0 Å². The molecular formula is C11H10FN3O2. The summed E-state index contributed by atoms with van der Waals surface area (Å²) < 4.78 is 14.4. The van der Waals surface area contributed by atoms with Gasteiger partial charge in [0.15, 0.2) is 0 Å². The van der Waals surface area contributed by atoms with E-state index in [0.29, 0.717) is 17.8 Å². The van der Waals surface area contributed by atoms with Crippen molar-refractivity contribution in [2.75, 3.05) is 0 Å². The highest BCUT2D eigenvalue weighted by atomic mass is 19.1. The van der Waals surface area contributed by atoms with Crippen LogP contribution in [0.15, 0.2) is 30.5 Å². The van der Waals surface area contributed by atoms with Crippen LogP contribution in [0, 0.1) is 5.82 Å². The van der Waals surface area contributed by atoms with E-state index in [1.165, 1.54) is 23.0 Å². The van der Waals surface area contributed by atoms with Crippen molar-refractivity contribution in [3.8, 4) is 0 Å². The molecule has 0 aliphatic carbocycles. The predicted octanol–water partition coefficient (Wildman–Crippen LogP) is 1.09. The van der Waals surface area contributed by atoms with E-state index in [0.717, 1.165) is 0 Å². The normalized spacial score (nSPS) is 10.4. The minimum absolute atomic E-state index is 0.150. The van der Waals surface area contributed by atoms with Crippen molar-refractivity contribution in [3.05, 3.63) is 47.5 Å². The molecule has 2 rings (SSSR count). The number of carboxylic acid groups (broad SMARTS) is 1. The van der Waals surface area contributed by atoms with Crippen molar-refractivity contribution >= 4 is 5.97 Å². The second-order valence-corrected chi connectivity index (χ2v) is 3.58. The van der Waals surface area contributed by atoms with Crippen LogP contribution in [0.2, 0.25) is 0 Å². The third-order valence-electron chi connectivity index (χ3n) is 2.25. The van der Waals surface area contributed by atoms with E-state index in [9.17, 15) is 9.18 Å². The Balaban J connectivity index is 2.18. The van der Waals surface area contributed by atoms with Gasteiger partial charge >= 0.3 is 5.97 Å². The SMILES string of the molecule is O=C(O)Cc1cnnn1Cc1cccc(F)c1. The van der Waals surface area contributed by atoms with Crippen LogP contribution in [0.25, 0.3) is 0 Å². The number of benzene rings is 1. The molecule has 0 radical (unpaired) electrons. The predicted molar refractivity (Wildman–Crippen MR) is 56.9 cm³/mol. The van der Waals surface area contributed by atoms with Crippen LogP contribution in [0.1, 0.15) is 11.3 Å². The molecule has 0 unspecified atom stereocenters. The van der Waals surface area contributed by atoms with Crippen molar-refractivity contribution in [1.29, 1.82) is 0 Å². The van der Waals surface area contributed by atoms with Crippen molar-refractivity contribution < 1.29 is 14.3 Å². The lowest BCUT2D eigenvalue weighted by molar-refractivity contribution is -0.136. The van der Waals surface area contributed by atoms with E-state index in [1.54, 1.807) is 12.1 Å². The largest absolute Gasteiger partial charge is 0.481 e. The second-order valence-electron chi connectivity index (χ2n) is 3.58. The third-order valence-corrected chi connectivity index (χ3v) is 2.25. The topological polar surface area (TPSA) is 68.0 Å². The molecule has 0 fully saturated rings. The summed E-state index contributed by atoms with van der Waals surface area (Å²) in [6, 6.07) is 6.07. The molecule has 0 aliphatic heterocycles. The van der Waals surface area contributed by atoms with E-state index in [1.807, 2.05) is 0 Å². The van der Waals surface area contributed by atoms with E-state index in [-0.39, 0.29) is 12.2 Å². The highest BCUT2D eigenvalue weighted by Crippen LogP contribution is 2.07. The van der Waals surface area contributed by atoms with Gasteiger partial charge in [0.1, 0.15) is 5.82 Å². The Hall–Kier alpha value is -2.24. The molecular weight excluding hydrogens is 225 g/mol. The lowest BCUT2D eigenvalue weighted by Gasteiger charge is -2.04. The molecule has 1 N–H and O–H groups in total. The Kier molecular flexibility index (Phi) is 3.13. The maximum Gasteiger partial charge on any atom is 0.309 e. The lowest BCUT2D eigenvalue weighted by Crippen LogP contribution is -2.10. The van der Waals surface area contributed by atoms with E-state index < -0.39 is 5.97 Å². The highest BCUT2D eigenvalue weighted by molar-refractivity contribution is 5.69. The van der Waals surface area contributed by atoms with Gasteiger partial charge in [-0.25, -0.2) is 9.07 Å². The van der Waals surface area contributed by atoms with Gasteiger partial charge in [-0.15, -0.1) is 5.10 Å². The van der Waals surface area contributed by atoms with Gasteiger partial charge in [-0.05, 0) is 17.7 Å². The van der Waals surface area contributed by atoms with Gasteiger partial charge in [-0.2, -0.15) is 0 Å². The molecule has 0 spiro atoms. The Morgan fingerprint density at radius 3 is 3.00 bits per heavy atom. The summed E-state index contributed by atoms with van der Waals surface area (Å²) in [7, 11) is 0. The zero-order chi connectivity index (χ0) is 12.3. The summed E-state index contributed by atoms with van der Waals surface area (Å²) in [5.74, 6) is -1.28. The van der Waals surface area contributed by atoms with Crippen molar-refractivity contribution in [3.63, 3.8) is 0 Å². The molecule has 0 amide bonds. The van der Waals surface area contributed by atoms with E-state index >= 15 is 0 Å². The average Bonchev–Trinajstić information content (AvgIpc) is 2.65. The first-order valence-corrected chi connectivity index (χ1v) is 4.99. The number of halogens is 1. The summed E-state index contributed by atoms with van der Waals surface area (Å²) in [6.07, 6.45) is 1.25. The van der Waals surface area contributed by atoms with Gasteiger partial charge in [-0.3, -0.25) is 4.79 Å². The summed E-state index contributed by atoms with van der Waals surface area (Å²) in [5, 5.41) is 16.1. The quantitative estimate of drug-likeness (QED) is 0.861. The smallest absolute Gasteiger partial charge is 0.309 e. The molecule has 2 aromatic rings. The van der Waals surface area contributed by atoms with Gasteiger partial charge in [-0.1, -0.05) is 17.3 Å². The first kappa shape index (κ1) is 11.3. The Morgan fingerprint density at radius 1 is 1.47 bits per heavy atom. The lowest BCUT2D eigenvalue weighted by atomic mass is 10.2. The van der Waals surface area contributed by atoms with E-state index in [2.05, 4.69) is 10.3 Å². The minimum atomic E-state index is -0.951. The minimum Gasteiger partial charge on any atom is -0.481 e. The van der Waals surface area contributed by atoms with E-state index in [4.69, 9.17) is 5.11 Å². The van der Waals surface area contributed by atoms with Gasteiger partial charge < -0.3 is 5.11 Å². The summed E-state index contributed by atoms with van der Waals surface area (Å²) in [6.45, 7) is 0.306. The molecule has 5 nitrogen and oxygen atoms in total. The van der Waals surface area contributed by atoms with Gasteiger partial charge in [0.05, 0.1) is 24.9 Å². The molecule has 0 bridgehead atoms. The average molecular weight is 235 g/mol. The molecule has 17 heavy (non-hydrogen) atoms. The number of hydrogen-bond donors (Lipinski definition) is 1. The zero-order valence-corrected chi connectivity index (χ0v) is 8.88. The van der Waals surface area contributed by atoms with Crippen LogP contribution in [-0.2, 0) is 17.8 Å². The summed E-state index contributed by atoms with van der Waals surface area (Å²) in [5.41, 5.74) is 1.20. The fraction of sp³-hybridized carbons (Fsp3) is 0.182. The number of aromatic nitrogens is 3. The van der Waals surface area contributed by atoms with Crippen molar-refractivity contribution in [1.82, 2.24) is 15.0 Å². The Bertz CT molecular complexity index is 539. The fourth-order valence-electron chi connectivity index (χ4n) is 1.51. The number of aliphatic carboxylic acids is 1. The summed E-state index contributed by atoms with van der Waals surface area (Å²) >= 11 is 0. The third kappa shape index (κ3) is 2.87. The zero-order valence-electron chi connectivity index (χ0n) is 8.88. The van der Waals surface area contributed by atoms with Crippen LogP contribution in [0.3, 0.4) is 0 Å². The van der Waals surface area contributed by atoms with Crippen LogP contribution < -0.4 is 0 Å². The van der Waals surface area contributed by atoms with Gasteiger partial charge in [0.2, 0.25) is 0 Å². The Morgan fingerprint density at radius 2 is 2.29 bits per heavy atom. The molecule has 0 aliphatic rings. The molecule has 1 aromatic carbocycles. The maximum atomic E-state index is 13.0. The second kappa shape index (κ2) is 4.73. The monoisotopic (exact) mass is 235 g/mol. The molecule has 88 valence electrons. The molecule has 6 heteroatoms. The van der Waals surface area contributed by atoms with Gasteiger partial charge in [0.25, 0.3) is 0 Å². The van der Waals surface area contributed by atoms with Crippen LogP contribution >= 0.6 is 0 Å². The van der Waals surface area contributed by atoms with Crippen LogP contribution in [0.4, 0.5) is 4.39 Å². The number of nitrogens with zero attached hydrogens (tertiary/aromatic N) is 3.